The van der Waals surface area contributed by atoms with Gasteiger partial charge >= 0.3 is 5.95 Å². The standard InChI is InChI=1S/C15H18N3/c1-18(2,3)15-16-12-11-14(17-15)10-9-13-7-5-4-6-8-13/h4-12H,1-3H3/q+1. The van der Waals surface area contributed by atoms with E-state index in [4.69, 9.17) is 0 Å². The van der Waals surface area contributed by atoms with Gasteiger partial charge in [-0.05, 0) is 17.7 Å². The normalized spacial score (nSPS) is 11.9. The molecule has 2 aromatic rings. The summed E-state index contributed by atoms with van der Waals surface area (Å²) in [4.78, 5) is 8.83. The first kappa shape index (κ1) is 12.5. The van der Waals surface area contributed by atoms with E-state index in [1.807, 2.05) is 30.3 Å². The number of benzene rings is 1. The topological polar surface area (TPSA) is 25.8 Å². The highest BCUT2D eigenvalue weighted by molar-refractivity contribution is 5.68. The molecule has 0 atom stereocenters. The molecule has 2 rings (SSSR count). The second kappa shape index (κ2) is 5.10. The second-order valence-electron chi connectivity index (χ2n) is 5.04. The molecule has 1 heterocycles. The maximum atomic E-state index is 4.53. The zero-order valence-electron chi connectivity index (χ0n) is 11.0. The highest BCUT2D eigenvalue weighted by atomic mass is 15.4. The van der Waals surface area contributed by atoms with Crippen molar-refractivity contribution in [2.45, 2.75) is 0 Å². The molecule has 92 valence electrons. The second-order valence-corrected chi connectivity index (χ2v) is 5.04. The summed E-state index contributed by atoms with van der Waals surface area (Å²) < 4.78 is 0.618. The van der Waals surface area contributed by atoms with Gasteiger partial charge in [0, 0.05) is 6.20 Å². The van der Waals surface area contributed by atoms with Crippen LogP contribution < -0.4 is 4.48 Å². The Morgan fingerprint density at radius 2 is 1.67 bits per heavy atom. The molecule has 0 N–H and O–H groups in total. The lowest BCUT2D eigenvalue weighted by Gasteiger charge is -2.19. The summed E-state index contributed by atoms with van der Waals surface area (Å²) in [5.74, 6) is 0.810. The molecule has 3 nitrogen and oxygen atoms in total. The lowest BCUT2D eigenvalue weighted by Crippen LogP contribution is -2.36. The van der Waals surface area contributed by atoms with Gasteiger partial charge in [0.1, 0.15) is 0 Å². The van der Waals surface area contributed by atoms with Gasteiger partial charge in [0.25, 0.3) is 0 Å². The smallest absolute Gasteiger partial charge is 0.264 e. The van der Waals surface area contributed by atoms with E-state index < -0.39 is 0 Å². The molecule has 0 unspecified atom stereocenters. The predicted molar refractivity (Wildman–Crippen MR) is 77.0 cm³/mol. The summed E-state index contributed by atoms with van der Waals surface area (Å²) in [6, 6.07) is 12.1. The zero-order chi connectivity index (χ0) is 13.0. The Morgan fingerprint density at radius 3 is 2.33 bits per heavy atom. The zero-order valence-corrected chi connectivity index (χ0v) is 11.0. The largest absolute Gasteiger partial charge is 0.328 e. The molecule has 3 heteroatoms. The van der Waals surface area contributed by atoms with Crippen molar-refractivity contribution in [1.29, 1.82) is 0 Å². The molecule has 0 saturated heterocycles. The molecule has 0 amide bonds. The average molecular weight is 240 g/mol. The highest BCUT2D eigenvalue weighted by Gasteiger charge is 2.15. The van der Waals surface area contributed by atoms with E-state index in [0.29, 0.717) is 4.48 Å². The Kier molecular flexibility index (Phi) is 3.53. The number of quaternary nitrogens is 1. The Bertz CT molecular complexity index is 539. The van der Waals surface area contributed by atoms with Crippen molar-refractivity contribution >= 4 is 18.1 Å². The van der Waals surface area contributed by atoms with Crippen molar-refractivity contribution in [2.24, 2.45) is 0 Å². The van der Waals surface area contributed by atoms with Gasteiger partial charge < -0.3 is 0 Å². The van der Waals surface area contributed by atoms with Crippen molar-refractivity contribution in [1.82, 2.24) is 14.5 Å². The van der Waals surface area contributed by atoms with Crippen LogP contribution in [0.4, 0.5) is 5.95 Å². The summed E-state index contributed by atoms with van der Waals surface area (Å²) in [6.07, 6.45) is 5.87. The van der Waals surface area contributed by atoms with Gasteiger partial charge in [-0.3, -0.25) is 4.48 Å². The van der Waals surface area contributed by atoms with E-state index in [9.17, 15) is 0 Å². The Balaban J connectivity index is 2.23. The van der Waals surface area contributed by atoms with E-state index in [-0.39, 0.29) is 0 Å². The third-order valence-electron chi connectivity index (χ3n) is 2.51. The summed E-state index contributed by atoms with van der Waals surface area (Å²) in [6.45, 7) is 0. The molecule has 0 aliphatic rings. The maximum Gasteiger partial charge on any atom is 0.328 e. The molecule has 0 saturated carbocycles. The first-order chi connectivity index (χ1) is 8.55. The van der Waals surface area contributed by atoms with E-state index >= 15 is 0 Å². The monoisotopic (exact) mass is 240 g/mol. The van der Waals surface area contributed by atoms with Crippen LogP contribution in [0.5, 0.6) is 0 Å². The third-order valence-corrected chi connectivity index (χ3v) is 2.51. The van der Waals surface area contributed by atoms with Crippen LogP contribution in [0.3, 0.4) is 0 Å². The van der Waals surface area contributed by atoms with Gasteiger partial charge in [0.05, 0.1) is 26.8 Å². The minimum absolute atomic E-state index is 0.618. The van der Waals surface area contributed by atoms with Crippen molar-refractivity contribution in [3.63, 3.8) is 0 Å². The quantitative estimate of drug-likeness (QED) is 0.771. The van der Waals surface area contributed by atoms with Crippen molar-refractivity contribution in [3.05, 3.63) is 53.9 Å². The molecule has 0 radical (unpaired) electrons. The van der Waals surface area contributed by atoms with Crippen molar-refractivity contribution < 1.29 is 0 Å². The minimum Gasteiger partial charge on any atom is -0.264 e. The van der Waals surface area contributed by atoms with Crippen LogP contribution in [-0.4, -0.2) is 31.1 Å². The van der Waals surface area contributed by atoms with Gasteiger partial charge in [-0.1, -0.05) is 36.4 Å². The lowest BCUT2D eigenvalue weighted by atomic mass is 10.2. The van der Waals surface area contributed by atoms with Crippen molar-refractivity contribution in [2.75, 3.05) is 21.1 Å². The van der Waals surface area contributed by atoms with Gasteiger partial charge in [0.15, 0.2) is 0 Å². The van der Waals surface area contributed by atoms with Crippen LogP contribution in [0, 0.1) is 0 Å². The van der Waals surface area contributed by atoms with Crippen LogP contribution in [-0.2, 0) is 0 Å². The molecule has 0 fully saturated rings. The van der Waals surface area contributed by atoms with E-state index in [0.717, 1.165) is 11.6 Å². The summed E-state index contributed by atoms with van der Waals surface area (Å²) in [5.41, 5.74) is 2.10. The van der Waals surface area contributed by atoms with Gasteiger partial charge in [-0.2, -0.15) is 9.97 Å². The molecule has 18 heavy (non-hydrogen) atoms. The first-order valence-corrected chi connectivity index (χ1v) is 5.94. The molecule has 0 spiro atoms. The summed E-state index contributed by atoms with van der Waals surface area (Å²) in [5, 5.41) is 0. The molecule has 0 bridgehead atoms. The fourth-order valence-corrected chi connectivity index (χ4v) is 1.52. The van der Waals surface area contributed by atoms with Crippen LogP contribution in [0.15, 0.2) is 42.6 Å². The molecular formula is C15H18N3+. The predicted octanol–water partition coefficient (Wildman–Crippen LogP) is 2.84. The number of aromatic nitrogens is 2. The molecular weight excluding hydrogens is 222 g/mol. The molecule has 1 aromatic carbocycles. The number of hydrogen-bond donors (Lipinski definition) is 0. The van der Waals surface area contributed by atoms with E-state index in [1.165, 1.54) is 5.56 Å². The summed E-state index contributed by atoms with van der Waals surface area (Å²) >= 11 is 0. The number of hydrogen-bond acceptors (Lipinski definition) is 2. The first-order valence-electron chi connectivity index (χ1n) is 5.94. The number of nitrogens with zero attached hydrogens (tertiary/aromatic N) is 3. The van der Waals surface area contributed by atoms with Gasteiger partial charge in [0.2, 0.25) is 0 Å². The molecule has 0 aliphatic heterocycles. The van der Waals surface area contributed by atoms with Crippen molar-refractivity contribution in [3.8, 4) is 0 Å². The minimum atomic E-state index is 0.618. The summed E-state index contributed by atoms with van der Waals surface area (Å²) in [7, 11) is 6.17. The molecule has 0 aliphatic carbocycles. The SMILES string of the molecule is C[N+](C)(C)c1nccc(C=Cc2ccccc2)n1. The van der Waals surface area contributed by atoms with E-state index in [2.05, 4.69) is 49.3 Å². The van der Waals surface area contributed by atoms with Gasteiger partial charge in [-0.25, -0.2) is 0 Å². The Hall–Kier alpha value is -2.00. The fourth-order valence-electron chi connectivity index (χ4n) is 1.52. The highest BCUT2D eigenvalue weighted by Crippen LogP contribution is 2.11. The van der Waals surface area contributed by atoms with E-state index in [1.54, 1.807) is 6.20 Å². The molecule has 1 aromatic heterocycles. The van der Waals surface area contributed by atoms with Crippen LogP contribution in [0.1, 0.15) is 11.3 Å². The fraction of sp³-hybridized carbons (Fsp3) is 0.200. The van der Waals surface area contributed by atoms with Crippen LogP contribution in [0.2, 0.25) is 0 Å². The Morgan fingerprint density at radius 1 is 0.944 bits per heavy atom. The Labute approximate surface area is 108 Å². The van der Waals surface area contributed by atoms with Gasteiger partial charge in [-0.15, -0.1) is 0 Å². The van der Waals surface area contributed by atoms with Crippen LogP contribution in [0.25, 0.3) is 12.2 Å². The maximum absolute atomic E-state index is 4.53. The average Bonchev–Trinajstić information content (AvgIpc) is 2.37. The number of rotatable bonds is 3. The van der Waals surface area contributed by atoms with Crippen LogP contribution >= 0.6 is 0 Å². The third kappa shape index (κ3) is 3.25. The lowest BCUT2D eigenvalue weighted by molar-refractivity contribution is 0.458.